The SMILES string of the molecule is CCCn1nc(C)c(N)c1NCC(C)c1nccs1. The molecule has 2 aromatic heterocycles. The lowest BCUT2D eigenvalue weighted by Gasteiger charge is -2.13. The molecule has 2 heterocycles. The van der Waals surface area contributed by atoms with Gasteiger partial charge in [-0.3, -0.25) is 0 Å². The molecule has 104 valence electrons. The zero-order valence-corrected chi connectivity index (χ0v) is 12.5. The molecule has 0 bridgehead atoms. The van der Waals surface area contributed by atoms with Crippen molar-refractivity contribution in [3.05, 3.63) is 22.3 Å². The van der Waals surface area contributed by atoms with Gasteiger partial charge in [-0.25, -0.2) is 9.67 Å². The van der Waals surface area contributed by atoms with Crippen LogP contribution in [0.4, 0.5) is 11.5 Å². The zero-order valence-electron chi connectivity index (χ0n) is 11.7. The van der Waals surface area contributed by atoms with E-state index in [2.05, 4.69) is 29.2 Å². The molecular weight excluding hydrogens is 258 g/mol. The second kappa shape index (κ2) is 6.06. The van der Waals surface area contributed by atoms with E-state index in [4.69, 9.17) is 5.73 Å². The fraction of sp³-hybridized carbons (Fsp3) is 0.538. The Morgan fingerprint density at radius 2 is 2.32 bits per heavy atom. The highest BCUT2D eigenvalue weighted by molar-refractivity contribution is 7.09. The van der Waals surface area contributed by atoms with E-state index in [1.807, 2.05) is 23.2 Å². The summed E-state index contributed by atoms with van der Waals surface area (Å²) in [5, 5.41) is 11.0. The summed E-state index contributed by atoms with van der Waals surface area (Å²) in [6, 6.07) is 0. The van der Waals surface area contributed by atoms with Crippen molar-refractivity contribution in [3.8, 4) is 0 Å². The minimum absolute atomic E-state index is 0.365. The number of nitrogen functional groups attached to an aromatic ring is 1. The highest BCUT2D eigenvalue weighted by Crippen LogP contribution is 2.24. The van der Waals surface area contributed by atoms with E-state index in [0.717, 1.165) is 41.7 Å². The van der Waals surface area contributed by atoms with Crippen molar-refractivity contribution in [2.24, 2.45) is 0 Å². The number of hydrogen-bond donors (Lipinski definition) is 2. The van der Waals surface area contributed by atoms with Crippen LogP contribution in [-0.4, -0.2) is 21.3 Å². The Balaban J connectivity index is 2.06. The lowest BCUT2D eigenvalue weighted by atomic mass is 10.2. The molecule has 0 fully saturated rings. The standard InChI is InChI=1S/C13H21N5S/c1-4-6-18-12(11(14)10(3)17-18)16-8-9(2)13-15-5-7-19-13/h5,7,9,16H,4,6,8,14H2,1-3H3. The molecule has 0 radical (unpaired) electrons. The first-order valence-electron chi connectivity index (χ1n) is 6.59. The van der Waals surface area contributed by atoms with E-state index in [1.54, 1.807) is 11.3 Å². The molecule has 6 heteroatoms. The van der Waals surface area contributed by atoms with Gasteiger partial charge in [-0.2, -0.15) is 5.10 Å². The van der Waals surface area contributed by atoms with Crippen molar-refractivity contribution in [2.45, 2.75) is 39.7 Å². The van der Waals surface area contributed by atoms with Gasteiger partial charge in [0.25, 0.3) is 0 Å². The van der Waals surface area contributed by atoms with Crippen LogP contribution in [0.1, 0.15) is 36.9 Å². The first kappa shape index (κ1) is 13.9. The minimum atomic E-state index is 0.365. The molecule has 3 N–H and O–H groups in total. The second-order valence-corrected chi connectivity index (χ2v) is 5.65. The largest absolute Gasteiger partial charge is 0.394 e. The number of aryl methyl sites for hydroxylation is 2. The molecule has 0 aliphatic carbocycles. The van der Waals surface area contributed by atoms with Crippen LogP contribution in [0.2, 0.25) is 0 Å². The number of anilines is 2. The van der Waals surface area contributed by atoms with E-state index >= 15 is 0 Å². The summed E-state index contributed by atoms with van der Waals surface area (Å²) in [4.78, 5) is 4.34. The van der Waals surface area contributed by atoms with Crippen molar-refractivity contribution >= 4 is 22.8 Å². The van der Waals surface area contributed by atoms with Crippen LogP contribution in [0.5, 0.6) is 0 Å². The average molecular weight is 279 g/mol. The van der Waals surface area contributed by atoms with Gasteiger partial charge >= 0.3 is 0 Å². The van der Waals surface area contributed by atoms with Gasteiger partial charge in [0.1, 0.15) is 5.82 Å². The summed E-state index contributed by atoms with van der Waals surface area (Å²) < 4.78 is 1.96. The van der Waals surface area contributed by atoms with Crippen LogP contribution in [0.25, 0.3) is 0 Å². The van der Waals surface area contributed by atoms with Gasteiger partial charge < -0.3 is 11.1 Å². The highest BCUT2D eigenvalue weighted by Gasteiger charge is 2.14. The molecule has 0 spiro atoms. The third kappa shape index (κ3) is 3.07. The first-order chi connectivity index (χ1) is 9.13. The maximum absolute atomic E-state index is 6.08. The Labute approximate surface area is 117 Å². The predicted octanol–water partition coefficient (Wildman–Crippen LogP) is 2.86. The van der Waals surface area contributed by atoms with Gasteiger partial charge in [0.2, 0.25) is 0 Å². The molecule has 0 aliphatic rings. The van der Waals surface area contributed by atoms with E-state index in [-0.39, 0.29) is 0 Å². The molecule has 19 heavy (non-hydrogen) atoms. The van der Waals surface area contributed by atoms with Crippen LogP contribution in [0, 0.1) is 6.92 Å². The van der Waals surface area contributed by atoms with Crippen molar-refractivity contribution in [1.29, 1.82) is 0 Å². The summed E-state index contributed by atoms with van der Waals surface area (Å²) in [5.74, 6) is 1.30. The Morgan fingerprint density at radius 3 is 2.95 bits per heavy atom. The summed E-state index contributed by atoms with van der Waals surface area (Å²) in [6.07, 6.45) is 2.88. The fourth-order valence-electron chi connectivity index (χ4n) is 1.97. The van der Waals surface area contributed by atoms with Crippen LogP contribution in [0.15, 0.2) is 11.6 Å². The van der Waals surface area contributed by atoms with Gasteiger partial charge in [0.05, 0.1) is 16.4 Å². The predicted molar refractivity (Wildman–Crippen MR) is 80.7 cm³/mol. The number of nitrogens with one attached hydrogen (secondary N) is 1. The molecule has 1 atom stereocenters. The summed E-state index contributed by atoms with van der Waals surface area (Å²) in [6.45, 7) is 7.93. The monoisotopic (exact) mass is 279 g/mol. The first-order valence-corrected chi connectivity index (χ1v) is 7.47. The Kier molecular flexibility index (Phi) is 4.42. The number of thiazole rings is 1. The minimum Gasteiger partial charge on any atom is -0.394 e. The van der Waals surface area contributed by atoms with Crippen molar-refractivity contribution in [2.75, 3.05) is 17.6 Å². The highest BCUT2D eigenvalue weighted by atomic mass is 32.1. The van der Waals surface area contributed by atoms with Gasteiger partial charge in [0.15, 0.2) is 0 Å². The molecule has 0 aromatic carbocycles. The molecule has 1 unspecified atom stereocenters. The van der Waals surface area contributed by atoms with E-state index in [1.165, 1.54) is 0 Å². The molecule has 0 saturated heterocycles. The smallest absolute Gasteiger partial charge is 0.148 e. The number of aromatic nitrogens is 3. The third-order valence-corrected chi connectivity index (χ3v) is 4.06. The zero-order chi connectivity index (χ0) is 13.8. The molecule has 2 rings (SSSR count). The van der Waals surface area contributed by atoms with Crippen LogP contribution < -0.4 is 11.1 Å². The Hall–Kier alpha value is -1.56. The number of nitrogens with zero attached hydrogens (tertiary/aromatic N) is 3. The summed E-state index contributed by atoms with van der Waals surface area (Å²) in [7, 11) is 0. The average Bonchev–Trinajstić information content (AvgIpc) is 2.99. The fourth-order valence-corrected chi connectivity index (χ4v) is 2.67. The Morgan fingerprint density at radius 1 is 1.53 bits per heavy atom. The maximum Gasteiger partial charge on any atom is 0.148 e. The molecular formula is C13H21N5S. The topological polar surface area (TPSA) is 68.8 Å². The lowest BCUT2D eigenvalue weighted by Crippen LogP contribution is -2.14. The number of hydrogen-bond acceptors (Lipinski definition) is 5. The van der Waals surface area contributed by atoms with Crippen LogP contribution in [0.3, 0.4) is 0 Å². The molecule has 2 aromatic rings. The summed E-state index contributed by atoms with van der Waals surface area (Å²) in [5.41, 5.74) is 7.72. The molecule has 5 nitrogen and oxygen atoms in total. The van der Waals surface area contributed by atoms with E-state index in [9.17, 15) is 0 Å². The van der Waals surface area contributed by atoms with Gasteiger partial charge in [-0.15, -0.1) is 11.3 Å². The van der Waals surface area contributed by atoms with Crippen LogP contribution >= 0.6 is 11.3 Å². The van der Waals surface area contributed by atoms with Crippen LogP contribution in [-0.2, 0) is 6.54 Å². The number of nitrogens with two attached hydrogens (primary N) is 1. The van der Waals surface area contributed by atoms with E-state index < -0.39 is 0 Å². The third-order valence-electron chi connectivity index (χ3n) is 3.06. The van der Waals surface area contributed by atoms with Gasteiger partial charge in [-0.1, -0.05) is 13.8 Å². The van der Waals surface area contributed by atoms with Crippen molar-refractivity contribution < 1.29 is 0 Å². The molecule has 0 saturated carbocycles. The van der Waals surface area contributed by atoms with Crippen molar-refractivity contribution in [1.82, 2.24) is 14.8 Å². The quantitative estimate of drug-likeness (QED) is 0.853. The lowest BCUT2D eigenvalue weighted by molar-refractivity contribution is 0.601. The maximum atomic E-state index is 6.08. The van der Waals surface area contributed by atoms with Gasteiger partial charge in [-0.05, 0) is 13.3 Å². The molecule has 0 amide bonds. The number of rotatable bonds is 6. The second-order valence-electron chi connectivity index (χ2n) is 4.72. The van der Waals surface area contributed by atoms with Crippen molar-refractivity contribution in [3.63, 3.8) is 0 Å². The molecule has 0 aliphatic heterocycles. The summed E-state index contributed by atoms with van der Waals surface area (Å²) >= 11 is 1.69. The normalized spacial score (nSPS) is 12.6. The Bertz CT molecular complexity index is 517. The van der Waals surface area contributed by atoms with Gasteiger partial charge in [0, 0.05) is 30.6 Å². The van der Waals surface area contributed by atoms with E-state index in [0.29, 0.717) is 5.92 Å².